The molecule has 0 bridgehead atoms. The van der Waals surface area contributed by atoms with Gasteiger partial charge in [-0.1, -0.05) is 13.8 Å². The highest BCUT2D eigenvalue weighted by Gasteiger charge is 2.62. The van der Waals surface area contributed by atoms with E-state index in [4.69, 9.17) is 0 Å². The average Bonchev–Trinajstić information content (AvgIpc) is 3.13. The van der Waals surface area contributed by atoms with Gasteiger partial charge in [0.2, 0.25) is 11.8 Å². The standard InChI is InChI=1S/C28H47N3O3/c1-17(2)29(7)26(34)31(18(3)4)25(33)22-11-10-20-19-9-12-23-28(6,16-14-24(32)30(23)8)21(19)13-15-27(20,22)5/h17-23H,9-16H2,1-8H3/t19-,20-,21-,22+,23+,27-,28+/m0/s1. The second-order valence-electron chi connectivity index (χ2n) is 12.9. The number of hydrogen-bond acceptors (Lipinski definition) is 3. The number of imide groups is 1. The SMILES string of the molecule is CC(C)N(C)C(=O)N(C(=O)[C@H]1CC[C@H]2[C@@H]3CC[C@H]4N(C)C(=O)CC[C@]4(C)[C@H]3CC[C@]12C)C(C)C. The fraction of sp³-hybridized carbons (Fsp3) is 0.893. The van der Waals surface area contributed by atoms with Crippen molar-refractivity contribution in [2.45, 2.75) is 111 Å². The Balaban J connectivity index is 1.58. The van der Waals surface area contributed by atoms with Crippen LogP contribution in [0.4, 0.5) is 4.79 Å². The molecule has 192 valence electrons. The van der Waals surface area contributed by atoms with Crippen LogP contribution in [-0.4, -0.2) is 64.8 Å². The summed E-state index contributed by atoms with van der Waals surface area (Å²) < 4.78 is 0. The minimum Gasteiger partial charge on any atom is -0.342 e. The number of rotatable bonds is 3. The van der Waals surface area contributed by atoms with Gasteiger partial charge in [0.15, 0.2) is 0 Å². The summed E-state index contributed by atoms with van der Waals surface area (Å²) in [5.41, 5.74) is 0.149. The summed E-state index contributed by atoms with van der Waals surface area (Å²) >= 11 is 0. The van der Waals surface area contributed by atoms with Crippen LogP contribution in [0.1, 0.15) is 92.9 Å². The van der Waals surface area contributed by atoms with Crippen LogP contribution < -0.4 is 0 Å². The van der Waals surface area contributed by atoms with Crippen LogP contribution in [0.25, 0.3) is 0 Å². The molecule has 34 heavy (non-hydrogen) atoms. The van der Waals surface area contributed by atoms with Crippen molar-refractivity contribution in [3.63, 3.8) is 0 Å². The quantitative estimate of drug-likeness (QED) is 0.569. The van der Waals surface area contributed by atoms with Crippen molar-refractivity contribution in [1.82, 2.24) is 14.7 Å². The van der Waals surface area contributed by atoms with Crippen LogP contribution in [0.2, 0.25) is 0 Å². The second-order valence-corrected chi connectivity index (χ2v) is 12.9. The second kappa shape index (κ2) is 8.81. The molecule has 0 unspecified atom stereocenters. The summed E-state index contributed by atoms with van der Waals surface area (Å²) in [7, 11) is 3.80. The molecule has 7 atom stereocenters. The molecular weight excluding hydrogens is 426 g/mol. The molecule has 4 fully saturated rings. The molecule has 0 spiro atoms. The molecule has 6 nitrogen and oxygen atoms in total. The number of urea groups is 1. The summed E-state index contributed by atoms with van der Waals surface area (Å²) in [6.45, 7) is 12.7. The Morgan fingerprint density at radius 1 is 0.912 bits per heavy atom. The molecule has 0 aromatic carbocycles. The first-order valence-electron chi connectivity index (χ1n) is 13.7. The first-order valence-corrected chi connectivity index (χ1v) is 13.7. The highest BCUT2D eigenvalue weighted by Crippen LogP contribution is 2.66. The summed E-state index contributed by atoms with van der Waals surface area (Å²) in [4.78, 5) is 45.0. The first-order chi connectivity index (χ1) is 15.8. The zero-order valence-electron chi connectivity index (χ0n) is 22.8. The van der Waals surface area contributed by atoms with Crippen LogP contribution in [-0.2, 0) is 9.59 Å². The molecule has 3 aliphatic carbocycles. The maximum Gasteiger partial charge on any atom is 0.326 e. The smallest absolute Gasteiger partial charge is 0.326 e. The summed E-state index contributed by atoms with van der Waals surface area (Å²) in [5, 5.41) is 0. The molecule has 4 amide bonds. The van der Waals surface area contributed by atoms with Gasteiger partial charge in [0.05, 0.1) is 0 Å². The van der Waals surface area contributed by atoms with Crippen molar-refractivity contribution >= 4 is 17.8 Å². The third-order valence-corrected chi connectivity index (χ3v) is 10.9. The summed E-state index contributed by atoms with van der Waals surface area (Å²) in [6.07, 6.45) is 8.09. The predicted molar refractivity (Wildman–Crippen MR) is 134 cm³/mol. The number of hydrogen-bond donors (Lipinski definition) is 0. The van der Waals surface area contributed by atoms with Crippen LogP contribution in [0.15, 0.2) is 0 Å². The lowest BCUT2D eigenvalue weighted by molar-refractivity contribution is -0.161. The molecule has 0 aromatic heterocycles. The fourth-order valence-electron chi connectivity index (χ4n) is 8.68. The molecule has 6 heteroatoms. The van der Waals surface area contributed by atoms with Crippen LogP contribution >= 0.6 is 0 Å². The number of nitrogens with zero attached hydrogens (tertiary/aromatic N) is 3. The highest BCUT2D eigenvalue weighted by atomic mass is 16.2. The number of carbonyl (C=O) groups excluding carboxylic acids is 3. The van der Waals surface area contributed by atoms with Gasteiger partial charge in [-0.15, -0.1) is 0 Å². The van der Waals surface area contributed by atoms with E-state index in [9.17, 15) is 14.4 Å². The highest BCUT2D eigenvalue weighted by molar-refractivity contribution is 5.96. The van der Waals surface area contributed by atoms with E-state index in [1.54, 1.807) is 16.8 Å². The zero-order valence-corrected chi connectivity index (χ0v) is 22.8. The fourth-order valence-corrected chi connectivity index (χ4v) is 8.68. The van der Waals surface area contributed by atoms with Gasteiger partial charge in [0.1, 0.15) is 0 Å². The maximum atomic E-state index is 14.0. The Morgan fingerprint density at radius 3 is 2.18 bits per heavy atom. The number of amides is 4. The zero-order chi connectivity index (χ0) is 25.2. The van der Waals surface area contributed by atoms with Gasteiger partial charge < -0.3 is 9.80 Å². The van der Waals surface area contributed by atoms with Crippen LogP contribution in [0.3, 0.4) is 0 Å². The predicted octanol–water partition coefficient (Wildman–Crippen LogP) is 5.16. The monoisotopic (exact) mass is 473 g/mol. The molecule has 1 saturated heterocycles. The molecule has 0 aromatic rings. The maximum absolute atomic E-state index is 14.0. The van der Waals surface area contributed by atoms with Gasteiger partial charge in [-0.25, -0.2) is 4.79 Å². The minimum atomic E-state index is -0.168. The molecular formula is C28H47N3O3. The van der Waals surface area contributed by atoms with E-state index in [1.807, 2.05) is 39.6 Å². The van der Waals surface area contributed by atoms with E-state index >= 15 is 0 Å². The third-order valence-electron chi connectivity index (χ3n) is 10.9. The van der Waals surface area contributed by atoms with E-state index in [0.717, 1.165) is 44.9 Å². The molecule has 0 N–H and O–H groups in total. The molecule has 4 aliphatic rings. The molecule has 1 aliphatic heterocycles. The van der Waals surface area contributed by atoms with E-state index in [-0.39, 0.29) is 40.8 Å². The largest absolute Gasteiger partial charge is 0.342 e. The van der Waals surface area contributed by atoms with Crippen molar-refractivity contribution in [2.75, 3.05) is 14.1 Å². The normalized spacial score (nSPS) is 39.5. The van der Waals surface area contributed by atoms with Gasteiger partial charge in [0, 0.05) is 44.6 Å². The van der Waals surface area contributed by atoms with E-state index < -0.39 is 0 Å². The Kier molecular flexibility index (Phi) is 6.61. The van der Waals surface area contributed by atoms with Gasteiger partial charge in [0.25, 0.3) is 0 Å². The van der Waals surface area contributed by atoms with Crippen molar-refractivity contribution in [1.29, 1.82) is 0 Å². The number of likely N-dealkylation sites (tertiary alicyclic amines) is 1. The summed E-state index contributed by atoms with van der Waals surface area (Å²) in [6, 6.07) is 0.0997. The topological polar surface area (TPSA) is 60.9 Å². The Morgan fingerprint density at radius 2 is 1.56 bits per heavy atom. The molecule has 1 heterocycles. The Hall–Kier alpha value is -1.59. The van der Waals surface area contributed by atoms with Crippen molar-refractivity contribution in [3.05, 3.63) is 0 Å². The third kappa shape index (κ3) is 3.69. The van der Waals surface area contributed by atoms with Gasteiger partial charge in [-0.3, -0.25) is 14.5 Å². The molecule has 0 radical (unpaired) electrons. The lowest BCUT2D eigenvalue weighted by Gasteiger charge is -2.61. The first kappa shape index (κ1) is 25.5. The Labute approximate surface area is 206 Å². The summed E-state index contributed by atoms with van der Waals surface area (Å²) in [5.74, 6) is 2.06. The van der Waals surface area contributed by atoms with Crippen molar-refractivity contribution in [2.24, 2.45) is 34.5 Å². The van der Waals surface area contributed by atoms with Crippen LogP contribution in [0, 0.1) is 34.5 Å². The molecule has 4 rings (SSSR count). The minimum absolute atomic E-state index is 0.0400. The van der Waals surface area contributed by atoms with Crippen LogP contribution in [0.5, 0.6) is 0 Å². The van der Waals surface area contributed by atoms with E-state index in [1.165, 1.54) is 0 Å². The molecule has 3 saturated carbocycles. The van der Waals surface area contributed by atoms with Crippen molar-refractivity contribution < 1.29 is 14.4 Å². The Bertz CT molecular complexity index is 841. The van der Waals surface area contributed by atoms with E-state index in [0.29, 0.717) is 36.1 Å². The average molecular weight is 474 g/mol. The van der Waals surface area contributed by atoms with Crippen molar-refractivity contribution in [3.8, 4) is 0 Å². The van der Waals surface area contributed by atoms with Gasteiger partial charge in [-0.2, -0.15) is 0 Å². The lowest BCUT2D eigenvalue weighted by atomic mass is 9.47. The van der Waals surface area contributed by atoms with E-state index in [2.05, 4.69) is 13.8 Å². The lowest BCUT2D eigenvalue weighted by Crippen LogP contribution is -2.61. The number of carbonyl (C=O) groups is 3. The van der Waals surface area contributed by atoms with Gasteiger partial charge >= 0.3 is 6.03 Å². The number of piperidine rings is 1. The van der Waals surface area contributed by atoms with Gasteiger partial charge in [-0.05, 0) is 101 Å². The number of fused-ring (bicyclic) bond motifs is 5.